The summed E-state index contributed by atoms with van der Waals surface area (Å²) in [5, 5.41) is 9.99. The molecule has 1 N–H and O–H groups in total. The Morgan fingerprint density at radius 1 is 1.25 bits per heavy atom. The van der Waals surface area contributed by atoms with Gasteiger partial charge in [-0.25, -0.2) is 18.7 Å². The quantitative estimate of drug-likeness (QED) is 0.931. The molecule has 0 amide bonds. The van der Waals surface area contributed by atoms with Crippen LogP contribution < -0.4 is 9.64 Å². The first-order valence-corrected chi connectivity index (χ1v) is 7.82. The summed E-state index contributed by atoms with van der Waals surface area (Å²) in [6.45, 7) is 3.21. The van der Waals surface area contributed by atoms with E-state index in [-0.39, 0.29) is 17.2 Å². The largest absolute Gasteiger partial charge is 0.493 e. The van der Waals surface area contributed by atoms with Crippen LogP contribution in [0.1, 0.15) is 13.3 Å². The maximum atomic E-state index is 13.8. The zero-order valence-electron chi connectivity index (χ0n) is 13.5. The summed E-state index contributed by atoms with van der Waals surface area (Å²) >= 11 is 0. The van der Waals surface area contributed by atoms with Gasteiger partial charge in [-0.1, -0.05) is 6.92 Å². The number of aliphatic hydroxyl groups is 1. The Bertz CT molecular complexity index is 725. The van der Waals surface area contributed by atoms with Gasteiger partial charge in [-0.3, -0.25) is 0 Å². The molecule has 0 bridgehead atoms. The van der Waals surface area contributed by atoms with Crippen molar-refractivity contribution in [2.75, 3.05) is 25.1 Å². The Kier molecular flexibility index (Phi) is 4.62. The van der Waals surface area contributed by atoms with E-state index in [1.807, 2.05) is 11.8 Å². The molecule has 0 spiro atoms. The van der Waals surface area contributed by atoms with Crippen molar-refractivity contribution < 1.29 is 18.6 Å². The van der Waals surface area contributed by atoms with E-state index in [2.05, 4.69) is 9.97 Å². The number of nitrogens with zero attached hydrogens (tertiary/aromatic N) is 3. The van der Waals surface area contributed by atoms with Gasteiger partial charge in [0.25, 0.3) is 0 Å². The Morgan fingerprint density at radius 2 is 1.96 bits per heavy atom. The number of aliphatic hydroxyl groups excluding tert-OH is 1. The van der Waals surface area contributed by atoms with E-state index in [9.17, 15) is 13.9 Å². The highest BCUT2D eigenvalue weighted by atomic mass is 19.1. The standard InChI is InChI=1S/C17H19F2N3O2/c1-3-10-8-22(9-15(10)23)17-20-6-11(7-21-17)13-4-12(18)5-14(19)16(13)24-2/h4-7,10,15,23H,3,8-9H2,1-2H3. The number of rotatable bonds is 4. The SMILES string of the molecule is CCC1CN(c2ncc(-c3cc(F)cc(F)c3OC)cn2)CC1O. The minimum Gasteiger partial charge on any atom is -0.493 e. The van der Waals surface area contributed by atoms with Gasteiger partial charge in [-0.2, -0.15) is 0 Å². The third kappa shape index (κ3) is 3.03. The number of methoxy groups -OCH3 is 1. The van der Waals surface area contributed by atoms with Crippen LogP contribution in [0.4, 0.5) is 14.7 Å². The van der Waals surface area contributed by atoms with E-state index in [1.165, 1.54) is 25.6 Å². The van der Waals surface area contributed by atoms with Crippen molar-refractivity contribution >= 4 is 5.95 Å². The van der Waals surface area contributed by atoms with Crippen molar-refractivity contribution in [1.29, 1.82) is 0 Å². The van der Waals surface area contributed by atoms with Gasteiger partial charge in [-0.15, -0.1) is 0 Å². The summed E-state index contributed by atoms with van der Waals surface area (Å²) in [4.78, 5) is 10.5. The van der Waals surface area contributed by atoms with Crippen molar-refractivity contribution in [1.82, 2.24) is 9.97 Å². The van der Waals surface area contributed by atoms with E-state index in [1.54, 1.807) is 0 Å². The fraction of sp³-hybridized carbons (Fsp3) is 0.412. The summed E-state index contributed by atoms with van der Waals surface area (Å²) in [5.74, 6) is -0.823. The topological polar surface area (TPSA) is 58.5 Å². The average Bonchev–Trinajstić information content (AvgIpc) is 2.95. The summed E-state index contributed by atoms with van der Waals surface area (Å²) < 4.78 is 32.3. The molecule has 0 aliphatic carbocycles. The summed E-state index contributed by atoms with van der Waals surface area (Å²) in [5.41, 5.74) is 0.718. The number of hydrogen-bond donors (Lipinski definition) is 1. The molecule has 1 aromatic carbocycles. The van der Waals surface area contributed by atoms with Gasteiger partial charge in [-0.05, 0) is 12.5 Å². The third-order valence-corrected chi connectivity index (χ3v) is 4.38. The molecule has 128 valence electrons. The second-order valence-electron chi connectivity index (χ2n) is 5.88. The number of halogens is 2. The lowest BCUT2D eigenvalue weighted by atomic mass is 10.0. The van der Waals surface area contributed by atoms with Crippen molar-refractivity contribution in [2.24, 2.45) is 5.92 Å². The van der Waals surface area contributed by atoms with Crippen molar-refractivity contribution in [3.8, 4) is 16.9 Å². The molecule has 1 aliphatic heterocycles. The van der Waals surface area contributed by atoms with E-state index in [4.69, 9.17) is 4.74 Å². The van der Waals surface area contributed by atoms with Crippen molar-refractivity contribution in [3.63, 3.8) is 0 Å². The summed E-state index contributed by atoms with van der Waals surface area (Å²) in [6.07, 6.45) is 3.50. The van der Waals surface area contributed by atoms with Crippen LogP contribution in [-0.4, -0.2) is 41.4 Å². The second-order valence-corrected chi connectivity index (χ2v) is 5.88. The number of hydrogen-bond acceptors (Lipinski definition) is 5. The van der Waals surface area contributed by atoms with Crippen LogP contribution in [0.3, 0.4) is 0 Å². The highest BCUT2D eigenvalue weighted by molar-refractivity contribution is 5.70. The van der Waals surface area contributed by atoms with Crippen LogP contribution in [0, 0.1) is 17.6 Å². The predicted molar refractivity (Wildman–Crippen MR) is 85.9 cm³/mol. The Hall–Kier alpha value is -2.28. The molecule has 2 heterocycles. The average molecular weight is 335 g/mol. The molecular weight excluding hydrogens is 316 g/mol. The normalized spacial score (nSPS) is 20.5. The van der Waals surface area contributed by atoms with E-state index in [0.29, 0.717) is 24.6 Å². The van der Waals surface area contributed by atoms with Gasteiger partial charge in [0.2, 0.25) is 5.95 Å². The summed E-state index contributed by atoms with van der Waals surface area (Å²) in [7, 11) is 1.32. The minimum absolute atomic E-state index is 0.0459. The molecule has 2 aromatic rings. The molecule has 3 rings (SSSR count). The zero-order chi connectivity index (χ0) is 17.3. The number of benzene rings is 1. The van der Waals surface area contributed by atoms with Crippen LogP contribution in [0.15, 0.2) is 24.5 Å². The lowest BCUT2D eigenvalue weighted by molar-refractivity contribution is 0.146. The lowest BCUT2D eigenvalue weighted by Crippen LogP contribution is -2.23. The Balaban J connectivity index is 1.88. The van der Waals surface area contributed by atoms with Crippen LogP contribution in [0.2, 0.25) is 0 Å². The summed E-state index contributed by atoms with van der Waals surface area (Å²) in [6, 6.07) is 1.96. The number of anilines is 1. The van der Waals surface area contributed by atoms with Gasteiger partial charge in [0.15, 0.2) is 11.6 Å². The molecule has 2 unspecified atom stereocenters. The van der Waals surface area contributed by atoms with Crippen LogP contribution in [0.5, 0.6) is 5.75 Å². The smallest absolute Gasteiger partial charge is 0.225 e. The first kappa shape index (κ1) is 16.6. The van der Waals surface area contributed by atoms with Crippen LogP contribution >= 0.6 is 0 Å². The fourth-order valence-electron chi connectivity index (χ4n) is 3.02. The number of β-amino-alcohol motifs (C(OH)–C–C–N with tert-alkyl or cyclic N) is 1. The van der Waals surface area contributed by atoms with E-state index >= 15 is 0 Å². The van der Waals surface area contributed by atoms with Crippen molar-refractivity contribution in [3.05, 3.63) is 36.2 Å². The van der Waals surface area contributed by atoms with E-state index in [0.717, 1.165) is 12.5 Å². The van der Waals surface area contributed by atoms with Crippen LogP contribution in [-0.2, 0) is 0 Å². The molecule has 1 aliphatic rings. The Labute approximate surface area is 138 Å². The van der Waals surface area contributed by atoms with E-state index < -0.39 is 17.7 Å². The molecule has 5 nitrogen and oxygen atoms in total. The number of aromatic nitrogens is 2. The monoisotopic (exact) mass is 335 g/mol. The third-order valence-electron chi connectivity index (χ3n) is 4.38. The Morgan fingerprint density at radius 3 is 2.54 bits per heavy atom. The highest BCUT2D eigenvalue weighted by Gasteiger charge is 2.31. The van der Waals surface area contributed by atoms with Crippen molar-refractivity contribution in [2.45, 2.75) is 19.4 Å². The minimum atomic E-state index is -0.773. The van der Waals surface area contributed by atoms with Crippen LogP contribution in [0.25, 0.3) is 11.1 Å². The number of ether oxygens (including phenoxy) is 1. The van der Waals surface area contributed by atoms with Gasteiger partial charge in [0.05, 0.1) is 13.2 Å². The molecule has 1 aromatic heterocycles. The lowest BCUT2D eigenvalue weighted by Gasteiger charge is -2.16. The molecule has 1 saturated heterocycles. The zero-order valence-corrected chi connectivity index (χ0v) is 13.5. The molecule has 7 heteroatoms. The molecular formula is C17H19F2N3O2. The molecule has 2 atom stereocenters. The first-order chi connectivity index (χ1) is 11.5. The molecule has 0 saturated carbocycles. The molecule has 1 fully saturated rings. The van der Waals surface area contributed by atoms with Gasteiger partial charge in [0, 0.05) is 48.6 Å². The maximum Gasteiger partial charge on any atom is 0.225 e. The molecule has 24 heavy (non-hydrogen) atoms. The highest BCUT2D eigenvalue weighted by Crippen LogP contribution is 2.33. The van der Waals surface area contributed by atoms with Gasteiger partial charge >= 0.3 is 0 Å². The predicted octanol–water partition coefficient (Wildman–Crippen LogP) is 2.64. The van der Waals surface area contributed by atoms with Gasteiger partial charge < -0.3 is 14.7 Å². The molecule has 0 radical (unpaired) electrons. The van der Waals surface area contributed by atoms with Gasteiger partial charge in [0.1, 0.15) is 5.82 Å². The maximum absolute atomic E-state index is 13.8. The fourth-order valence-corrected chi connectivity index (χ4v) is 3.02. The first-order valence-electron chi connectivity index (χ1n) is 7.82. The second kappa shape index (κ2) is 6.68.